The summed E-state index contributed by atoms with van der Waals surface area (Å²) in [5.41, 5.74) is 4.39. The lowest BCUT2D eigenvalue weighted by Crippen LogP contribution is -2.41. The van der Waals surface area contributed by atoms with Gasteiger partial charge in [-0.3, -0.25) is 0 Å². The van der Waals surface area contributed by atoms with Crippen LogP contribution >= 0.6 is 0 Å². The third kappa shape index (κ3) is 2.11. The Kier molecular flexibility index (Phi) is 2.47. The highest BCUT2D eigenvalue weighted by Gasteiger charge is 2.02. The van der Waals surface area contributed by atoms with E-state index >= 15 is 0 Å². The van der Waals surface area contributed by atoms with Gasteiger partial charge in [-0.1, -0.05) is 41.1 Å². The predicted molar refractivity (Wildman–Crippen MR) is 69.6 cm³/mol. The van der Waals surface area contributed by atoms with E-state index in [1.54, 1.807) is 0 Å². The van der Waals surface area contributed by atoms with Gasteiger partial charge in [0.05, 0.1) is 5.69 Å². The molecule has 0 fully saturated rings. The number of para-hydroxylation sites is 1. The fourth-order valence-corrected chi connectivity index (χ4v) is 1.87. The summed E-state index contributed by atoms with van der Waals surface area (Å²) in [6, 6.07) is 20.6. The molecule has 0 saturated heterocycles. The van der Waals surface area contributed by atoms with Crippen LogP contribution in [0.3, 0.4) is 0 Å². The highest BCUT2D eigenvalue weighted by atomic mass is 15.4. The molecule has 0 atom stereocenters. The highest BCUT2D eigenvalue weighted by molar-refractivity contribution is 5.80. The van der Waals surface area contributed by atoms with Gasteiger partial charge < -0.3 is 0 Å². The van der Waals surface area contributed by atoms with E-state index in [1.807, 2.05) is 41.2 Å². The molecule has 0 saturated carbocycles. The average Bonchev–Trinajstić information content (AvgIpc) is 2.40. The van der Waals surface area contributed by atoms with Crippen molar-refractivity contribution in [3.63, 3.8) is 0 Å². The van der Waals surface area contributed by atoms with Crippen LogP contribution in [-0.2, 0) is 0 Å². The zero-order valence-electron chi connectivity index (χ0n) is 9.38. The molecule has 0 radical (unpaired) electrons. The Labute approximate surface area is 100 Å². The molecule has 1 heterocycles. The van der Waals surface area contributed by atoms with Crippen molar-refractivity contribution in [3.05, 3.63) is 73.1 Å². The first kappa shape index (κ1) is 9.85. The summed E-state index contributed by atoms with van der Waals surface area (Å²) in [6.45, 7) is 0. The van der Waals surface area contributed by atoms with Gasteiger partial charge in [-0.25, -0.2) is 0 Å². The van der Waals surface area contributed by atoms with E-state index < -0.39 is 0 Å². The number of pyridine rings is 1. The van der Waals surface area contributed by atoms with Crippen LogP contribution in [0.4, 0.5) is 5.69 Å². The van der Waals surface area contributed by atoms with Crippen molar-refractivity contribution in [2.24, 2.45) is 0 Å². The van der Waals surface area contributed by atoms with Gasteiger partial charge in [0.25, 0.3) is 0 Å². The fourth-order valence-electron chi connectivity index (χ4n) is 1.87. The van der Waals surface area contributed by atoms with Crippen molar-refractivity contribution < 1.29 is 4.68 Å². The number of fused-ring (bicyclic) bond motifs is 1. The molecule has 2 nitrogen and oxygen atoms in total. The topological polar surface area (TPSA) is 15.9 Å². The van der Waals surface area contributed by atoms with E-state index in [1.165, 1.54) is 10.8 Å². The Hall–Kier alpha value is -2.35. The van der Waals surface area contributed by atoms with E-state index in [-0.39, 0.29) is 0 Å². The fraction of sp³-hybridized carbons (Fsp3) is 0. The van der Waals surface area contributed by atoms with Crippen LogP contribution in [0, 0.1) is 0 Å². The van der Waals surface area contributed by atoms with E-state index in [0.717, 1.165) is 5.69 Å². The number of rotatable bonds is 2. The van der Waals surface area contributed by atoms with Crippen molar-refractivity contribution in [1.82, 2.24) is 0 Å². The Morgan fingerprint density at radius 3 is 2.24 bits per heavy atom. The first-order valence-electron chi connectivity index (χ1n) is 5.64. The second-order valence-electron chi connectivity index (χ2n) is 3.96. The Morgan fingerprint density at radius 1 is 0.706 bits per heavy atom. The Balaban J connectivity index is 1.96. The van der Waals surface area contributed by atoms with Crippen LogP contribution < -0.4 is 10.1 Å². The van der Waals surface area contributed by atoms with Crippen molar-refractivity contribution in [3.8, 4) is 0 Å². The maximum Gasteiger partial charge on any atom is 0.207 e. The van der Waals surface area contributed by atoms with Crippen LogP contribution in [-0.4, -0.2) is 0 Å². The van der Waals surface area contributed by atoms with E-state index in [0.29, 0.717) is 0 Å². The molecule has 2 heteroatoms. The minimum atomic E-state index is 1.08. The molecule has 0 amide bonds. The molecular weight excluding hydrogens is 208 g/mol. The van der Waals surface area contributed by atoms with Crippen LogP contribution in [0.2, 0.25) is 0 Å². The molecule has 3 aromatic rings. The normalized spacial score (nSPS) is 10.4. The minimum absolute atomic E-state index is 1.08. The van der Waals surface area contributed by atoms with Gasteiger partial charge in [-0.05, 0) is 23.6 Å². The van der Waals surface area contributed by atoms with E-state index in [9.17, 15) is 0 Å². The minimum Gasteiger partial charge on any atom is -0.161 e. The monoisotopic (exact) mass is 221 g/mol. The van der Waals surface area contributed by atoms with Gasteiger partial charge in [-0.15, -0.1) is 0 Å². The van der Waals surface area contributed by atoms with Crippen LogP contribution in [0.5, 0.6) is 0 Å². The van der Waals surface area contributed by atoms with Gasteiger partial charge >= 0.3 is 0 Å². The molecule has 0 bridgehead atoms. The molecule has 1 aromatic heterocycles. The third-order valence-electron chi connectivity index (χ3n) is 2.72. The molecule has 0 spiro atoms. The van der Waals surface area contributed by atoms with Crippen molar-refractivity contribution in [2.45, 2.75) is 0 Å². The molecule has 0 unspecified atom stereocenters. The Bertz CT molecular complexity index is 633. The largest absolute Gasteiger partial charge is 0.207 e. The molecule has 0 aliphatic rings. The van der Waals surface area contributed by atoms with Crippen molar-refractivity contribution in [2.75, 3.05) is 5.43 Å². The molecule has 17 heavy (non-hydrogen) atoms. The number of anilines is 1. The number of nitrogens with zero attached hydrogens (tertiary/aromatic N) is 1. The molecular formula is C15H13N2+. The first-order chi connectivity index (χ1) is 8.42. The SMILES string of the molecule is c1ccc(N[n+]2ccc3ccccc3c2)cc1. The summed E-state index contributed by atoms with van der Waals surface area (Å²) in [5.74, 6) is 0. The predicted octanol–water partition coefficient (Wildman–Crippen LogP) is 3.00. The summed E-state index contributed by atoms with van der Waals surface area (Å²) < 4.78 is 1.97. The zero-order chi connectivity index (χ0) is 11.5. The highest BCUT2D eigenvalue weighted by Crippen LogP contribution is 2.10. The van der Waals surface area contributed by atoms with Crippen LogP contribution in [0.15, 0.2) is 73.1 Å². The average molecular weight is 221 g/mol. The lowest BCUT2D eigenvalue weighted by Gasteiger charge is -2.01. The van der Waals surface area contributed by atoms with Gasteiger partial charge in [0.15, 0.2) is 6.20 Å². The third-order valence-corrected chi connectivity index (χ3v) is 2.72. The molecule has 0 aliphatic carbocycles. The summed E-state index contributed by atoms with van der Waals surface area (Å²) in [6.07, 6.45) is 4.11. The lowest BCUT2D eigenvalue weighted by molar-refractivity contribution is -0.641. The summed E-state index contributed by atoms with van der Waals surface area (Å²) in [4.78, 5) is 0. The number of aromatic nitrogens is 1. The lowest BCUT2D eigenvalue weighted by atomic mass is 10.2. The van der Waals surface area contributed by atoms with Crippen LogP contribution in [0.1, 0.15) is 0 Å². The second-order valence-corrected chi connectivity index (χ2v) is 3.96. The van der Waals surface area contributed by atoms with Crippen molar-refractivity contribution in [1.29, 1.82) is 0 Å². The first-order valence-corrected chi connectivity index (χ1v) is 5.64. The van der Waals surface area contributed by atoms with Crippen molar-refractivity contribution >= 4 is 16.5 Å². The zero-order valence-corrected chi connectivity index (χ0v) is 9.38. The quantitative estimate of drug-likeness (QED) is 0.658. The maximum atomic E-state index is 3.31. The standard InChI is InChI=1S/C15H13N2/c1-2-8-15(9-3-1)16-17-11-10-13-6-4-5-7-14(13)12-17/h1-12,16H/q+1. The second kappa shape index (κ2) is 4.26. The van der Waals surface area contributed by atoms with E-state index in [4.69, 9.17) is 0 Å². The molecule has 0 aliphatic heterocycles. The van der Waals surface area contributed by atoms with Gasteiger partial charge in [0, 0.05) is 11.5 Å². The maximum absolute atomic E-state index is 3.31. The van der Waals surface area contributed by atoms with Gasteiger partial charge in [0.1, 0.15) is 0 Å². The van der Waals surface area contributed by atoms with E-state index in [2.05, 4.69) is 42.0 Å². The summed E-state index contributed by atoms with van der Waals surface area (Å²) in [5, 5.41) is 2.47. The molecule has 82 valence electrons. The van der Waals surface area contributed by atoms with Gasteiger partial charge in [0.2, 0.25) is 6.20 Å². The number of benzene rings is 2. The number of hydrogen-bond donors (Lipinski definition) is 1. The number of nitrogens with one attached hydrogen (secondary N) is 1. The molecule has 2 aromatic carbocycles. The van der Waals surface area contributed by atoms with Crippen LogP contribution in [0.25, 0.3) is 10.8 Å². The van der Waals surface area contributed by atoms with Gasteiger partial charge in [-0.2, -0.15) is 5.43 Å². The molecule has 3 rings (SSSR count). The number of hydrogen-bond acceptors (Lipinski definition) is 1. The summed E-state index contributed by atoms with van der Waals surface area (Å²) >= 11 is 0. The molecule has 1 N–H and O–H groups in total. The smallest absolute Gasteiger partial charge is 0.161 e. The Morgan fingerprint density at radius 2 is 1.41 bits per heavy atom. The summed E-state index contributed by atoms with van der Waals surface area (Å²) in [7, 11) is 0.